The first kappa shape index (κ1) is 19.5. The first-order valence-electron chi connectivity index (χ1n) is 8.34. The molecular weight excluding hydrogens is 378 g/mol. The van der Waals surface area contributed by atoms with Gasteiger partial charge in [-0.1, -0.05) is 6.07 Å². The van der Waals surface area contributed by atoms with E-state index < -0.39 is 10.0 Å². The minimum Gasteiger partial charge on any atom is -0.324 e. The summed E-state index contributed by atoms with van der Waals surface area (Å²) < 4.78 is 22.6. The largest absolute Gasteiger partial charge is 0.324 e. The van der Waals surface area contributed by atoms with E-state index in [-0.39, 0.29) is 10.8 Å². The number of rotatable bonds is 5. The summed E-state index contributed by atoms with van der Waals surface area (Å²) >= 11 is 0. The number of benzene rings is 2. The van der Waals surface area contributed by atoms with E-state index >= 15 is 0 Å². The Bertz CT molecular complexity index is 1110. The van der Waals surface area contributed by atoms with Crippen molar-refractivity contribution in [3.63, 3.8) is 0 Å². The van der Waals surface area contributed by atoms with Crippen LogP contribution in [0, 0.1) is 13.8 Å². The molecule has 2 aromatic carbocycles. The van der Waals surface area contributed by atoms with E-state index in [2.05, 4.69) is 20.6 Å². The summed E-state index contributed by atoms with van der Waals surface area (Å²) in [4.78, 5) is 21.1. The molecule has 0 bridgehead atoms. The van der Waals surface area contributed by atoms with Crippen molar-refractivity contribution >= 4 is 33.3 Å². The lowest BCUT2D eigenvalue weighted by atomic mass is 10.2. The maximum absolute atomic E-state index is 12.5. The van der Waals surface area contributed by atoms with Crippen molar-refractivity contribution in [2.24, 2.45) is 5.14 Å². The predicted molar refractivity (Wildman–Crippen MR) is 107 cm³/mol. The van der Waals surface area contributed by atoms with Gasteiger partial charge in [0.25, 0.3) is 5.91 Å². The van der Waals surface area contributed by atoms with E-state index in [0.717, 1.165) is 11.4 Å². The molecule has 0 unspecified atom stereocenters. The van der Waals surface area contributed by atoms with Gasteiger partial charge in [0, 0.05) is 28.3 Å². The van der Waals surface area contributed by atoms with Gasteiger partial charge in [0.15, 0.2) is 0 Å². The van der Waals surface area contributed by atoms with Crippen LogP contribution in [0.25, 0.3) is 0 Å². The van der Waals surface area contributed by atoms with Gasteiger partial charge >= 0.3 is 0 Å². The van der Waals surface area contributed by atoms with Gasteiger partial charge < -0.3 is 10.6 Å². The molecule has 144 valence electrons. The average Bonchev–Trinajstić information content (AvgIpc) is 2.61. The van der Waals surface area contributed by atoms with Gasteiger partial charge in [0.05, 0.1) is 4.90 Å². The fraction of sp³-hybridized carbons (Fsp3) is 0.105. The number of aromatic nitrogens is 2. The first-order valence-corrected chi connectivity index (χ1v) is 9.89. The summed E-state index contributed by atoms with van der Waals surface area (Å²) in [6, 6.07) is 14.4. The second-order valence-electron chi connectivity index (χ2n) is 6.20. The summed E-state index contributed by atoms with van der Waals surface area (Å²) in [5.74, 6) is 0.113. The number of amides is 1. The van der Waals surface area contributed by atoms with Crippen molar-refractivity contribution in [1.82, 2.24) is 9.97 Å². The van der Waals surface area contributed by atoms with Crippen molar-refractivity contribution in [3.05, 3.63) is 71.5 Å². The van der Waals surface area contributed by atoms with Crippen LogP contribution in [0.1, 0.15) is 21.7 Å². The number of carbonyl (C=O) groups excluding carboxylic acids is 1. The van der Waals surface area contributed by atoms with Gasteiger partial charge in [0.1, 0.15) is 0 Å². The van der Waals surface area contributed by atoms with Crippen LogP contribution < -0.4 is 15.8 Å². The highest BCUT2D eigenvalue weighted by Crippen LogP contribution is 2.18. The zero-order valence-corrected chi connectivity index (χ0v) is 16.1. The van der Waals surface area contributed by atoms with Gasteiger partial charge in [-0.05, 0) is 62.4 Å². The number of hydrogen-bond donors (Lipinski definition) is 3. The lowest BCUT2D eigenvalue weighted by Crippen LogP contribution is -2.14. The van der Waals surface area contributed by atoms with Crippen LogP contribution in [0.3, 0.4) is 0 Å². The highest BCUT2D eigenvalue weighted by Gasteiger charge is 2.10. The van der Waals surface area contributed by atoms with E-state index in [4.69, 9.17) is 5.14 Å². The maximum atomic E-state index is 12.5. The van der Waals surface area contributed by atoms with Crippen LogP contribution in [-0.4, -0.2) is 24.3 Å². The molecule has 0 aliphatic heterocycles. The molecule has 0 aliphatic carbocycles. The number of aryl methyl sites for hydroxylation is 2. The van der Waals surface area contributed by atoms with Gasteiger partial charge in [-0.3, -0.25) is 4.79 Å². The highest BCUT2D eigenvalue weighted by molar-refractivity contribution is 7.89. The van der Waals surface area contributed by atoms with Gasteiger partial charge in [0.2, 0.25) is 16.0 Å². The number of sulfonamides is 1. The third kappa shape index (κ3) is 4.90. The zero-order valence-electron chi connectivity index (χ0n) is 15.3. The standard InChI is InChI=1S/C19H19N5O3S/c1-12-10-13(2)22-19(21-12)24-16-5-3-4-14(11-16)18(25)23-15-6-8-17(9-7-15)28(20,26)27/h3-11H,1-2H3,(H,23,25)(H2,20,26,27)(H,21,22,24). The Morgan fingerprint density at radius 1 is 0.929 bits per heavy atom. The Balaban J connectivity index is 1.75. The highest BCUT2D eigenvalue weighted by atomic mass is 32.2. The van der Waals surface area contributed by atoms with Crippen molar-refractivity contribution in [3.8, 4) is 0 Å². The van der Waals surface area contributed by atoms with E-state index in [1.165, 1.54) is 24.3 Å². The Kier molecular flexibility index (Phi) is 5.39. The summed E-state index contributed by atoms with van der Waals surface area (Å²) in [6.45, 7) is 3.76. The smallest absolute Gasteiger partial charge is 0.255 e. The molecular formula is C19H19N5O3S. The first-order chi connectivity index (χ1) is 13.2. The van der Waals surface area contributed by atoms with Crippen molar-refractivity contribution in [2.45, 2.75) is 18.7 Å². The fourth-order valence-corrected chi connectivity index (χ4v) is 3.10. The van der Waals surface area contributed by atoms with Crippen LogP contribution in [-0.2, 0) is 10.0 Å². The summed E-state index contributed by atoms with van der Waals surface area (Å²) in [6.07, 6.45) is 0. The lowest BCUT2D eigenvalue weighted by molar-refractivity contribution is 0.102. The number of primary sulfonamides is 1. The van der Waals surface area contributed by atoms with Crippen LogP contribution in [0.4, 0.5) is 17.3 Å². The van der Waals surface area contributed by atoms with Crippen LogP contribution in [0.2, 0.25) is 0 Å². The van der Waals surface area contributed by atoms with Crippen LogP contribution in [0.5, 0.6) is 0 Å². The Morgan fingerprint density at radius 2 is 1.57 bits per heavy atom. The van der Waals surface area contributed by atoms with Crippen LogP contribution in [0.15, 0.2) is 59.5 Å². The molecule has 4 N–H and O–H groups in total. The number of carbonyl (C=O) groups is 1. The Morgan fingerprint density at radius 3 is 2.18 bits per heavy atom. The average molecular weight is 397 g/mol. The molecule has 3 aromatic rings. The number of nitrogens with two attached hydrogens (primary N) is 1. The topological polar surface area (TPSA) is 127 Å². The van der Waals surface area contributed by atoms with Gasteiger partial charge in [-0.2, -0.15) is 0 Å². The third-order valence-electron chi connectivity index (χ3n) is 3.80. The second-order valence-corrected chi connectivity index (χ2v) is 7.77. The van der Waals surface area contributed by atoms with Crippen molar-refractivity contribution in [1.29, 1.82) is 0 Å². The van der Waals surface area contributed by atoms with E-state index in [9.17, 15) is 13.2 Å². The molecule has 3 rings (SSSR count). The Labute approximate surface area is 162 Å². The minimum absolute atomic E-state index is 0.0230. The molecule has 0 radical (unpaired) electrons. The molecule has 1 amide bonds. The number of nitrogens with zero attached hydrogens (tertiary/aromatic N) is 2. The molecule has 8 nitrogen and oxygen atoms in total. The summed E-state index contributed by atoms with van der Waals surface area (Å²) in [5, 5.41) is 10.9. The van der Waals surface area contributed by atoms with Gasteiger partial charge in [-0.15, -0.1) is 0 Å². The maximum Gasteiger partial charge on any atom is 0.255 e. The molecule has 0 atom stereocenters. The number of nitrogens with one attached hydrogen (secondary N) is 2. The van der Waals surface area contributed by atoms with E-state index in [1.807, 2.05) is 19.9 Å². The minimum atomic E-state index is -3.77. The lowest BCUT2D eigenvalue weighted by Gasteiger charge is -2.09. The molecule has 1 heterocycles. The predicted octanol–water partition coefficient (Wildman–Crippen LogP) is 2.74. The number of hydrogen-bond acceptors (Lipinski definition) is 6. The summed E-state index contributed by atoms with van der Waals surface area (Å²) in [7, 11) is -3.77. The van der Waals surface area contributed by atoms with E-state index in [0.29, 0.717) is 22.9 Å². The van der Waals surface area contributed by atoms with Crippen molar-refractivity contribution in [2.75, 3.05) is 10.6 Å². The van der Waals surface area contributed by atoms with E-state index in [1.54, 1.807) is 24.3 Å². The molecule has 0 aliphatic rings. The van der Waals surface area contributed by atoms with Crippen molar-refractivity contribution < 1.29 is 13.2 Å². The quantitative estimate of drug-likeness (QED) is 0.607. The monoisotopic (exact) mass is 397 g/mol. The number of anilines is 3. The fourth-order valence-electron chi connectivity index (χ4n) is 2.58. The summed E-state index contributed by atoms with van der Waals surface area (Å²) in [5.41, 5.74) is 3.22. The SMILES string of the molecule is Cc1cc(C)nc(Nc2cccc(C(=O)Nc3ccc(S(N)(=O)=O)cc3)c2)n1. The molecule has 0 fully saturated rings. The normalized spacial score (nSPS) is 11.1. The molecule has 28 heavy (non-hydrogen) atoms. The third-order valence-corrected chi connectivity index (χ3v) is 4.73. The second kappa shape index (κ2) is 7.75. The molecule has 0 saturated heterocycles. The molecule has 0 spiro atoms. The molecule has 0 saturated carbocycles. The zero-order chi connectivity index (χ0) is 20.3. The molecule has 9 heteroatoms. The van der Waals surface area contributed by atoms with Gasteiger partial charge in [-0.25, -0.2) is 23.5 Å². The molecule has 1 aromatic heterocycles. The van der Waals surface area contributed by atoms with Crippen LogP contribution >= 0.6 is 0 Å². The Hall–Kier alpha value is -3.30.